The Hall–Kier alpha value is -9.20. The summed E-state index contributed by atoms with van der Waals surface area (Å²) in [6, 6.07) is 70.6. The minimum atomic E-state index is -0.425. The molecule has 15 rings (SSSR count). The van der Waals surface area contributed by atoms with Gasteiger partial charge in [0.15, 0.2) is 0 Å². The molecule has 0 saturated carbocycles. The second kappa shape index (κ2) is 17.7. The van der Waals surface area contributed by atoms with Crippen molar-refractivity contribution in [1.29, 1.82) is 0 Å². The molecule has 0 aliphatic carbocycles. The summed E-state index contributed by atoms with van der Waals surface area (Å²) in [4.78, 5) is 5.07. The van der Waals surface area contributed by atoms with Gasteiger partial charge in [0.05, 0.1) is 35.3 Å². The lowest BCUT2D eigenvalue weighted by atomic mass is 9.37. The van der Waals surface area contributed by atoms with Gasteiger partial charge < -0.3 is 27.5 Å². The zero-order valence-corrected chi connectivity index (χ0v) is 47.2. The average molecular weight is 1050 g/mol. The Morgan fingerprint density at radius 3 is 1.15 bits per heavy atom. The molecule has 81 heavy (non-hydrogen) atoms. The van der Waals surface area contributed by atoms with Crippen molar-refractivity contribution < 1.29 is 17.7 Å². The normalized spacial score (nSPS) is 13.4. The number of hydrogen-bond donors (Lipinski definition) is 0. The van der Waals surface area contributed by atoms with Gasteiger partial charge in [-0.25, -0.2) is 0 Å². The summed E-state index contributed by atoms with van der Waals surface area (Å²) < 4.78 is 27.5. The van der Waals surface area contributed by atoms with E-state index in [9.17, 15) is 0 Å². The van der Waals surface area contributed by atoms with Crippen LogP contribution in [0.4, 0.5) is 34.1 Å². The summed E-state index contributed by atoms with van der Waals surface area (Å²) in [6.45, 7) is 20.3. The SMILES string of the molecule is CC(C)(C)c1cc2c3c(c1)N(c1ccc(-c4coc5ccccc45)cc1-c1ccccc1)c1c(oc4ccc(C(C)(C)C)cc14)B3c1oc3ccc(C(C)(C)C)cc3c1N2c1ccc(-c2coc3ccccc23)cc1-c1ccccc1. The van der Waals surface area contributed by atoms with Crippen molar-refractivity contribution in [2.24, 2.45) is 0 Å². The molecule has 0 fully saturated rings. The molecule has 6 heterocycles. The molecule has 2 aliphatic heterocycles. The predicted molar refractivity (Wildman–Crippen MR) is 337 cm³/mol. The third-order valence-electron chi connectivity index (χ3n) is 17.1. The summed E-state index contributed by atoms with van der Waals surface area (Å²) in [5, 5.41) is 4.26. The van der Waals surface area contributed by atoms with Gasteiger partial charge in [-0.05, 0) is 133 Å². The first-order valence-corrected chi connectivity index (χ1v) is 28.3. The second-order valence-corrected chi connectivity index (χ2v) is 25.3. The lowest BCUT2D eigenvalue weighted by Gasteiger charge is -2.42. The number of fused-ring (bicyclic) bond motifs is 10. The van der Waals surface area contributed by atoms with Crippen LogP contribution in [0, 0.1) is 0 Å². The fraction of sp³-hybridized carbons (Fsp3) is 0.162. The fourth-order valence-corrected chi connectivity index (χ4v) is 12.7. The van der Waals surface area contributed by atoms with E-state index in [0.29, 0.717) is 0 Å². The molecule has 4 aromatic heterocycles. The number of furan rings is 4. The van der Waals surface area contributed by atoms with Crippen LogP contribution in [0.15, 0.2) is 224 Å². The summed E-state index contributed by atoms with van der Waals surface area (Å²) >= 11 is 0. The summed E-state index contributed by atoms with van der Waals surface area (Å²) in [7, 11) is 0. The molecule has 9 aromatic carbocycles. The number of benzene rings is 9. The van der Waals surface area contributed by atoms with Crippen molar-refractivity contribution in [1.82, 2.24) is 0 Å². The van der Waals surface area contributed by atoms with Gasteiger partial charge in [0.1, 0.15) is 33.7 Å². The molecule has 0 spiro atoms. The standard InChI is InChI=1S/C74H61BN2O4/c1-72(2,3)48-30-34-65-55(38-48)68-70(80-65)75-67-61(76(68)59-32-28-46(36-53(59)44-20-12-10-13-21-44)57-42-78-63-26-18-16-24-51(57)63)40-50(74(7,8)9)41-62(67)77(69-56-39-49(73(4,5)6)31-35-66(56)81-71(69)75)60-33-29-47(37-54(60)45-22-14-11-15-23-45)58-43-79-64-27-19-17-25-52(58)64/h10-43H,1-9H3. The fourth-order valence-electron chi connectivity index (χ4n) is 12.7. The largest absolute Gasteiger partial charge is 0.468 e. The lowest BCUT2D eigenvalue weighted by molar-refractivity contribution is 0.590. The minimum absolute atomic E-state index is 0.134. The van der Waals surface area contributed by atoms with E-state index in [0.717, 1.165) is 139 Å². The maximum absolute atomic E-state index is 7.55. The number of nitrogens with zero attached hydrogens (tertiary/aromatic N) is 2. The van der Waals surface area contributed by atoms with E-state index in [1.165, 1.54) is 16.7 Å². The highest BCUT2D eigenvalue weighted by Crippen LogP contribution is 2.54. The van der Waals surface area contributed by atoms with E-state index < -0.39 is 6.71 Å². The minimum Gasteiger partial charge on any atom is -0.468 e. The molecule has 0 N–H and O–H groups in total. The van der Waals surface area contributed by atoms with Crippen LogP contribution < -0.4 is 26.6 Å². The molecule has 0 saturated heterocycles. The van der Waals surface area contributed by atoms with Crippen molar-refractivity contribution in [3.8, 4) is 44.5 Å². The zero-order valence-electron chi connectivity index (χ0n) is 47.2. The van der Waals surface area contributed by atoms with Crippen LogP contribution in [0.2, 0.25) is 0 Å². The Morgan fingerprint density at radius 2 is 0.728 bits per heavy atom. The van der Waals surface area contributed by atoms with E-state index in [1.54, 1.807) is 0 Å². The topological polar surface area (TPSA) is 59.0 Å². The smallest absolute Gasteiger partial charge is 0.342 e. The Balaban J connectivity index is 1.08. The third-order valence-corrected chi connectivity index (χ3v) is 17.1. The summed E-state index contributed by atoms with van der Waals surface area (Å²) in [6.07, 6.45) is 3.80. The Labute approximate surface area is 473 Å². The highest BCUT2D eigenvalue weighted by atomic mass is 16.4. The molecular weight excluding hydrogens is 992 g/mol. The molecule has 7 heteroatoms. The molecule has 2 aliphatic rings. The van der Waals surface area contributed by atoms with Crippen LogP contribution in [0.5, 0.6) is 0 Å². The van der Waals surface area contributed by atoms with Crippen molar-refractivity contribution in [2.75, 3.05) is 9.80 Å². The van der Waals surface area contributed by atoms with Crippen molar-refractivity contribution >= 4 is 101 Å². The molecule has 13 aromatic rings. The predicted octanol–water partition coefficient (Wildman–Crippen LogP) is 19.3. The quantitative estimate of drug-likeness (QED) is 0.155. The molecule has 0 bridgehead atoms. The first kappa shape index (κ1) is 48.9. The number of hydrogen-bond acceptors (Lipinski definition) is 6. The van der Waals surface area contributed by atoms with Crippen molar-refractivity contribution in [3.63, 3.8) is 0 Å². The number of rotatable bonds is 6. The van der Waals surface area contributed by atoms with E-state index in [2.05, 4.69) is 242 Å². The van der Waals surface area contributed by atoms with E-state index in [-0.39, 0.29) is 16.2 Å². The zero-order chi connectivity index (χ0) is 55.3. The van der Waals surface area contributed by atoms with E-state index in [1.807, 2.05) is 36.8 Å². The Morgan fingerprint density at radius 1 is 0.321 bits per heavy atom. The van der Waals surface area contributed by atoms with Gasteiger partial charge in [0, 0.05) is 55.2 Å². The third kappa shape index (κ3) is 7.69. The van der Waals surface area contributed by atoms with Gasteiger partial charge in [-0.1, -0.05) is 184 Å². The van der Waals surface area contributed by atoms with Crippen LogP contribution in [0.25, 0.3) is 88.4 Å². The first-order chi connectivity index (χ1) is 39.1. The van der Waals surface area contributed by atoms with Crippen LogP contribution in [0.3, 0.4) is 0 Å². The maximum Gasteiger partial charge on any atom is 0.342 e. The summed E-state index contributed by atoms with van der Waals surface area (Å²) in [5.41, 5.74) is 24.2. The Bertz CT molecular complexity index is 4380. The van der Waals surface area contributed by atoms with Gasteiger partial charge in [0.25, 0.3) is 0 Å². The van der Waals surface area contributed by atoms with Crippen molar-refractivity contribution in [2.45, 2.75) is 78.6 Å². The maximum atomic E-state index is 7.55. The molecule has 0 radical (unpaired) electrons. The number of para-hydroxylation sites is 2. The van der Waals surface area contributed by atoms with Crippen LogP contribution in [-0.4, -0.2) is 6.71 Å². The van der Waals surface area contributed by atoms with Gasteiger partial charge in [-0.3, -0.25) is 0 Å². The average Bonchev–Trinajstić information content (AvgIpc) is 4.43. The van der Waals surface area contributed by atoms with Gasteiger partial charge in [-0.15, -0.1) is 0 Å². The second-order valence-electron chi connectivity index (χ2n) is 25.3. The van der Waals surface area contributed by atoms with Crippen LogP contribution in [0.1, 0.15) is 79.0 Å². The molecule has 0 atom stereocenters. The van der Waals surface area contributed by atoms with Crippen LogP contribution in [-0.2, 0) is 16.2 Å². The lowest BCUT2D eigenvalue weighted by Crippen LogP contribution is -2.60. The summed E-state index contributed by atoms with van der Waals surface area (Å²) in [5.74, 6) is 0. The van der Waals surface area contributed by atoms with Gasteiger partial charge in [0.2, 0.25) is 0 Å². The molecule has 6 nitrogen and oxygen atoms in total. The highest BCUT2D eigenvalue weighted by Gasteiger charge is 2.51. The van der Waals surface area contributed by atoms with Gasteiger partial charge >= 0.3 is 6.71 Å². The monoisotopic (exact) mass is 1050 g/mol. The first-order valence-electron chi connectivity index (χ1n) is 28.3. The molecule has 0 amide bonds. The molecule has 0 unspecified atom stereocenters. The van der Waals surface area contributed by atoms with E-state index in [4.69, 9.17) is 17.7 Å². The van der Waals surface area contributed by atoms with E-state index >= 15 is 0 Å². The Kier molecular flexibility index (Phi) is 10.7. The van der Waals surface area contributed by atoms with Gasteiger partial charge in [-0.2, -0.15) is 0 Å². The van der Waals surface area contributed by atoms with Crippen molar-refractivity contribution in [3.05, 3.63) is 223 Å². The van der Waals surface area contributed by atoms with Crippen LogP contribution >= 0.6 is 0 Å². The number of anilines is 6. The molecular formula is C74H61BN2O4. The molecule has 394 valence electrons. The highest BCUT2D eigenvalue weighted by molar-refractivity contribution is 6.99.